The lowest BCUT2D eigenvalue weighted by atomic mass is 9.96. The summed E-state index contributed by atoms with van der Waals surface area (Å²) in [7, 11) is 0. The zero-order valence-corrected chi connectivity index (χ0v) is 11.1. The second kappa shape index (κ2) is 3.84. The highest BCUT2D eigenvalue weighted by molar-refractivity contribution is 6.31. The molecule has 94 valence electrons. The zero-order chi connectivity index (χ0) is 12.3. The standard InChI is InChI=1S/C16H17ClO/c17-12-4-2-1-3-9(12)8-13(18)16-14-10-5-6-11(7-10)15(14)16/h1-4,10-11,14-16H,5-8H2. The summed E-state index contributed by atoms with van der Waals surface area (Å²) in [5.41, 5.74) is 1.00. The van der Waals surface area contributed by atoms with Crippen molar-refractivity contribution in [3.8, 4) is 0 Å². The van der Waals surface area contributed by atoms with Crippen LogP contribution in [0.25, 0.3) is 0 Å². The summed E-state index contributed by atoms with van der Waals surface area (Å²) in [5, 5.41) is 0.736. The van der Waals surface area contributed by atoms with Gasteiger partial charge < -0.3 is 0 Å². The third-order valence-electron chi connectivity index (χ3n) is 5.43. The lowest BCUT2D eigenvalue weighted by Crippen LogP contribution is -2.12. The lowest BCUT2D eigenvalue weighted by Gasteiger charge is -2.08. The average Bonchev–Trinajstić information content (AvgIpc) is 2.82. The molecule has 0 heterocycles. The molecule has 3 aliphatic carbocycles. The fourth-order valence-corrected chi connectivity index (χ4v) is 4.91. The van der Waals surface area contributed by atoms with Gasteiger partial charge in [0.05, 0.1) is 0 Å². The van der Waals surface area contributed by atoms with E-state index in [-0.39, 0.29) is 0 Å². The van der Waals surface area contributed by atoms with Gasteiger partial charge in [0.25, 0.3) is 0 Å². The summed E-state index contributed by atoms with van der Waals surface area (Å²) in [4.78, 5) is 12.4. The SMILES string of the molecule is O=C(Cc1ccccc1Cl)C1C2C3CCC(C3)C12. The van der Waals surface area contributed by atoms with E-state index in [1.165, 1.54) is 19.3 Å². The Morgan fingerprint density at radius 2 is 1.83 bits per heavy atom. The summed E-state index contributed by atoms with van der Waals surface area (Å²) in [6.45, 7) is 0. The summed E-state index contributed by atoms with van der Waals surface area (Å²) < 4.78 is 0. The smallest absolute Gasteiger partial charge is 0.140 e. The minimum absolute atomic E-state index is 0.382. The number of hydrogen-bond donors (Lipinski definition) is 0. The first-order chi connectivity index (χ1) is 8.75. The van der Waals surface area contributed by atoms with Crippen molar-refractivity contribution >= 4 is 17.4 Å². The molecule has 1 aromatic rings. The highest BCUT2D eigenvalue weighted by atomic mass is 35.5. The Hall–Kier alpha value is -0.820. The van der Waals surface area contributed by atoms with Crippen LogP contribution in [0.5, 0.6) is 0 Å². The number of ketones is 1. The van der Waals surface area contributed by atoms with Crippen LogP contribution in [0.1, 0.15) is 24.8 Å². The minimum atomic E-state index is 0.382. The van der Waals surface area contributed by atoms with E-state index < -0.39 is 0 Å². The van der Waals surface area contributed by atoms with Crippen molar-refractivity contribution in [2.24, 2.45) is 29.6 Å². The van der Waals surface area contributed by atoms with Crippen LogP contribution in [0.15, 0.2) is 24.3 Å². The molecule has 2 bridgehead atoms. The molecule has 3 aliphatic rings. The molecule has 4 rings (SSSR count). The van der Waals surface area contributed by atoms with Gasteiger partial charge >= 0.3 is 0 Å². The number of carbonyl (C=O) groups excluding carboxylic acids is 1. The van der Waals surface area contributed by atoms with Crippen molar-refractivity contribution in [3.63, 3.8) is 0 Å². The second-order valence-corrected chi connectivity index (χ2v) is 6.66. The summed E-state index contributed by atoms with van der Waals surface area (Å²) in [6, 6.07) is 7.74. The zero-order valence-electron chi connectivity index (χ0n) is 10.3. The molecule has 0 aromatic heterocycles. The van der Waals surface area contributed by atoms with Gasteiger partial charge in [-0.1, -0.05) is 29.8 Å². The molecule has 0 spiro atoms. The van der Waals surface area contributed by atoms with E-state index in [0.717, 1.165) is 34.3 Å². The summed E-state index contributed by atoms with van der Waals surface area (Å²) >= 11 is 6.13. The molecule has 1 aromatic carbocycles. The monoisotopic (exact) mass is 260 g/mol. The van der Waals surface area contributed by atoms with E-state index in [4.69, 9.17) is 11.6 Å². The number of hydrogen-bond acceptors (Lipinski definition) is 1. The van der Waals surface area contributed by atoms with Crippen molar-refractivity contribution in [1.82, 2.24) is 0 Å². The number of Topliss-reactive ketones (excluding diaryl/α,β-unsaturated/α-hetero) is 1. The molecular formula is C16H17ClO. The number of rotatable bonds is 3. The van der Waals surface area contributed by atoms with Crippen molar-refractivity contribution in [1.29, 1.82) is 0 Å². The van der Waals surface area contributed by atoms with E-state index in [9.17, 15) is 4.79 Å². The topological polar surface area (TPSA) is 17.1 Å². The van der Waals surface area contributed by atoms with E-state index in [0.29, 0.717) is 18.1 Å². The van der Waals surface area contributed by atoms with Gasteiger partial charge in [-0.05, 0) is 54.6 Å². The summed E-state index contributed by atoms with van der Waals surface area (Å²) in [6.07, 6.45) is 4.70. The largest absolute Gasteiger partial charge is 0.299 e. The van der Waals surface area contributed by atoms with Crippen molar-refractivity contribution in [2.45, 2.75) is 25.7 Å². The first kappa shape index (κ1) is 11.0. The number of halogens is 1. The van der Waals surface area contributed by atoms with E-state index in [1.807, 2.05) is 24.3 Å². The van der Waals surface area contributed by atoms with Crippen LogP contribution in [0.2, 0.25) is 5.02 Å². The molecule has 4 unspecified atom stereocenters. The number of benzene rings is 1. The van der Waals surface area contributed by atoms with Gasteiger partial charge in [0.1, 0.15) is 5.78 Å². The molecule has 0 amide bonds. The summed E-state index contributed by atoms with van der Waals surface area (Å²) in [5.74, 6) is 4.07. The Kier molecular flexibility index (Phi) is 2.35. The fraction of sp³-hybridized carbons (Fsp3) is 0.562. The predicted octanol–water partition coefficient (Wildman–Crippen LogP) is 3.74. The first-order valence-electron chi connectivity index (χ1n) is 7.02. The normalized spacial score (nSPS) is 39.7. The van der Waals surface area contributed by atoms with Gasteiger partial charge in [0.2, 0.25) is 0 Å². The molecule has 1 nitrogen and oxygen atoms in total. The third-order valence-corrected chi connectivity index (χ3v) is 5.80. The minimum Gasteiger partial charge on any atom is -0.299 e. The Morgan fingerprint density at radius 3 is 2.50 bits per heavy atom. The Labute approximate surface area is 113 Å². The fourth-order valence-electron chi connectivity index (χ4n) is 4.70. The van der Waals surface area contributed by atoms with Crippen molar-refractivity contribution in [2.75, 3.05) is 0 Å². The average molecular weight is 261 g/mol. The molecule has 18 heavy (non-hydrogen) atoms. The van der Waals surface area contributed by atoms with Gasteiger partial charge in [-0.25, -0.2) is 0 Å². The maximum Gasteiger partial charge on any atom is 0.140 e. The van der Waals surface area contributed by atoms with Crippen molar-refractivity contribution < 1.29 is 4.79 Å². The maximum atomic E-state index is 12.4. The molecule has 4 atom stereocenters. The molecule has 3 fully saturated rings. The molecule has 0 N–H and O–H groups in total. The van der Waals surface area contributed by atoms with Gasteiger partial charge in [0, 0.05) is 17.4 Å². The van der Waals surface area contributed by atoms with Crippen LogP contribution in [0, 0.1) is 29.6 Å². The van der Waals surface area contributed by atoms with E-state index in [1.54, 1.807) is 0 Å². The second-order valence-electron chi connectivity index (χ2n) is 6.25. The Balaban J connectivity index is 1.48. The number of fused-ring (bicyclic) bond motifs is 5. The Morgan fingerprint density at radius 1 is 1.17 bits per heavy atom. The highest BCUT2D eigenvalue weighted by Gasteiger charge is 2.66. The van der Waals surface area contributed by atoms with Crippen LogP contribution in [-0.4, -0.2) is 5.78 Å². The van der Waals surface area contributed by atoms with Gasteiger partial charge in [-0.2, -0.15) is 0 Å². The maximum absolute atomic E-state index is 12.4. The van der Waals surface area contributed by atoms with E-state index in [2.05, 4.69) is 0 Å². The first-order valence-corrected chi connectivity index (χ1v) is 7.39. The molecular weight excluding hydrogens is 244 g/mol. The molecule has 2 heteroatoms. The number of carbonyl (C=O) groups is 1. The van der Waals surface area contributed by atoms with Gasteiger partial charge in [0.15, 0.2) is 0 Å². The van der Waals surface area contributed by atoms with Crippen LogP contribution in [0.4, 0.5) is 0 Å². The third kappa shape index (κ3) is 1.50. The van der Waals surface area contributed by atoms with Crippen molar-refractivity contribution in [3.05, 3.63) is 34.9 Å². The van der Waals surface area contributed by atoms with Crippen LogP contribution in [-0.2, 0) is 11.2 Å². The lowest BCUT2D eigenvalue weighted by molar-refractivity contribution is -0.120. The van der Waals surface area contributed by atoms with E-state index >= 15 is 0 Å². The molecule has 3 saturated carbocycles. The molecule has 0 radical (unpaired) electrons. The van der Waals surface area contributed by atoms with Crippen LogP contribution >= 0.6 is 11.6 Å². The van der Waals surface area contributed by atoms with Crippen LogP contribution in [0.3, 0.4) is 0 Å². The molecule has 0 saturated heterocycles. The Bertz CT molecular complexity index is 494. The quantitative estimate of drug-likeness (QED) is 0.809. The van der Waals surface area contributed by atoms with Gasteiger partial charge in [-0.15, -0.1) is 0 Å². The van der Waals surface area contributed by atoms with Gasteiger partial charge in [-0.3, -0.25) is 4.79 Å². The predicted molar refractivity (Wildman–Crippen MR) is 71.5 cm³/mol. The molecule has 0 aliphatic heterocycles. The van der Waals surface area contributed by atoms with Crippen LogP contribution < -0.4 is 0 Å². The highest BCUT2D eigenvalue weighted by Crippen LogP contribution is 2.69.